The van der Waals surface area contributed by atoms with Crippen LogP contribution < -0.4 is 14.8 Å². The molecule has 0 aliphatic carbocycles. The lowest BCUT2D eigenvalue weighted by Gasteiger charge is -2.11. The van der Waals surface area contributed by atoms with E-state index < -0.39 is 0 Å². The van der Waals surface area contributed by atoms with E-state index >= 15 is 0 Å². The molecule has 1 heterocycles. The van der Waals surface area contributed by atoms with Crippen LogP contribution in [0.2, 0.25) is 0 Å². The van der Waals surface area contributed by atoms with E-state index in [1.165, 1.54) is 11.8 Å². The summed E-state index contributed by atoms with van der Waals surface area (Å²) in [5.41, 5.74) is 3.91. The minimum atomic E-state index is -0.139. The van der Waals surface area contributed by atoms with Crippen molar-refractivity contribution in [3.63, 3.8) is 0 Å². The Morgan fingerprint density at radius 3 is 2.57 bits per heavy atom. The van der Waals surface area contributed by atoms with Gasteiger partial charge < -0.3 is 19.4 Å². The Bertz CT molecular complexity index is 1050. The van der Waals surface area contributed by atoms with Gasteiger partial charge in [-0.2, -0.15) is 0 Å². The number of hydrogen-bond donors (Lipinski definition) is 1. The summed E-state index contributed by atoms with van der Waals surface area (Å²) < 4.78 is 13.1. The van der Waals surface area contributed by atoms with Crippen LogP contribution in [-0.4, -0.2) is 33.5 Å². The van der Waals surface area contributed by atoms with E-state index in [0.717, 1.165) is 22.4 Å². The van der Waals surface area contributed by atoms with Crippen molar-refractivity contribution in [3.8, 4) is 11.5 Å². The molecule has 7 nitrogen and oxygen atoms in total. The summed E-state index contributed by atoms with van der Waals surface area (Å²) in [4.78, 5) is 12.4. The van der Waals surface area contributed by atoms with E-state index in [9.17, 15) is 4.79 Å². The first kappa shape index (κ1) is 21.7. The monoisotopic (exact) mass is 426 g/mol. The van der Waals surface area contributed by atoms with Gasteiger partial charge in [0.2, 0.25) is 5.91 Å². The Balaban J connectivity index is 1.58. The molecule has 0 atom stereocenters. The van der Waals surface area contributed by atoms with E-state index in [1.807, 2.05) is 62.7 Å². The van der Waals surface area contributed by atoms with E-state index in [1.54, 1.807) is 7.11 Å². The number of amides is 1. The maximum Gasteiger partial charge on any atom is 0.234 e. The predicted octanol–water partition coefficient (Wildman–Crippen LogP) is 4.06. The highest BCUT2D eigenvalue weighted by Crippen LogP contribution is 2.26. The smallest absolute Gasteiger partial charge is 0.234 e. The third-order valence-electron chi connectivity index (χ3n) is 4.59. The zero-order chi connectivity index (χ0) is 21.7. The van der Waals surface area contributed by atoms with E-state index in [-0.39, 0.29) is 11.7 Å². The Kier molecular flexibility index (Phi) is 6.99. The fraction of sp³-hybridized carbons (Fsp3) is 0.318. The van der Waals surface area contributed by atoms with Gasteiger partial charge in [0.25, 0.3) is 0 Å². The number of thioether (sulfide) groups is 1. The van der Waals surface area contributed by atoms with E-state index in [4.69, 9.17) is 9.47 Å². The van der Waals surface area contributed by atoms with Crippen LogP contribution in [0.25, 0.3) is 0 Å². The highest BCUT2D eigenvalue weighted by atomic mass is 32.2. The molecular weight excluding hydrogens is 400 g/mol. The molecule has 0 saturated heterocycles. The first-order valence-corrected chi connectivity index (χ1v) is 10.5. The van der Waals surface area contributed by atoms with Gasteiger partial charge in [-0.3, -0.25) is 4.79 Å². The summed E-state index contributed by atoms with van der Waals surface area (Å²) in [5, 5.41) is 11.9. The maximum atomic E-state index is 12.4. The second-order valence-electron chi connectivity index (χ2n) is 7.06. The average Bonchev–Trinajstić information content (AvgIpc) is 3.07. The number of hydrogen-bond acceptors (Lipinski definition) is 6. The number of carbonyl (C=O) groups is 1. The molecule has 0 aliphatic rings. The van der Waals surface area contributed by atoms with Crippen LogP contribution in [0.4, 0.5) is 5.69 Å². The van der Waals surface area contributed by atoms with Gasteiger partial charge in [0.05, 0.1) is 18.6 Å². The Morgan fingerprint density at radius 1 is 1.07 bits per heavy atom. The zero-order valence-electron chi connectivity index (χ0n) is 17.9. The highest BCUT2D eigenvalue weighted by Gasteiger charge is 2.14. The van der Waals surface area contributed by atoms with E-state index in [0.29, 0.717) is 29.0 Å². The number of benzene rings is 2. The predicted molar refractivity (Wildman–Crippen MR) is 118 cm³/mol. The quantitative estimate of drug-likeness (QED) is 0.548. The molecule has 1 aromatic heterocycles. The molecule has 0 saturated carbocycles. The molecule has 158 valence electrons. The lowest BCUT2D eigenvalue weighted by molar-refractivity contribution is -0.113. The first-order valence-electron chi connectivity index (χ1n) is 9.53. The topological polar surface area (TPSA) is 78.3 Å². The van der Waals surface area contributed by atoms with Crippen LogP contribution >= 0.6 is 11.8 Å². The van der Waals surface area contributed by atoms with Gasteiger partial charge in [-0.25, -0.2) is 0 Å². The van der Waals surface area contributed by atoms with Crippen LogP contribution in [-0.2, 0) is 18.4 Å². The van der Waals surface area contributed by atoms with Gasteiger partial charge in [0, 0.05) is 7.05 Å². The second-order valence-corrected chi connectivity index (χ2v) is 8.00. The molecule has 3 aromatic rings. The van der Waals surface area contributed by atoms with Crippen molar-refractivity contribution in [2.45, 2.75) is 32.5 Å². The highest BCUT2D eigenvalue weighted by molar-refractivity contribution is 7.99. The summed E-state index contributed by atoms with van der Waals surface area (Å²) in [6.45, 7) is 6.31. The number of anilines is 1. The molecule has 0 radical (unpaired) electrons. The number of rotatable bonds is 8. The van der Waals surface area contributed by atoms with Crippen molar-refractivity contribution in [3.05, 3.63) is 58.9 Å². The number of nitrogens with zero attached hydrogens (tertiary/aromatic N) is 3. The number of ether oxygens (including phenoxy) is 2. The van der Waals surface area contributed by atoms with Crippen molar-refractivity contribution in [2.24, 2.45) is 7.05 Å². The lowest BCUT2D eigenvalue weighted by atomic mass is 10.1. The summed E-state index contributed by atoms with van der Waals surface area (Å²) in [5.74, 6) is 2.22. The molecule has 2 aromatic carbocycles. The fourth-order valence-electron chi connectivity index (χ4n) is 2.84. The van der Waals surface area contributed by atoms with Crippen LogP contribution in [0.1, 0.15) is 22.5 Å². The molecule has 30 heavy (non-hydrogen) atoms. The fourth-order valence-corrected chi connectivity index (χ4v) is 3.57. The van der Waals surface area contributed by atoms with Crippen LogP contribution in [0.5, 0.6) is 11.5 Å². The molecule has 0 aliphatic heterocycles. The van der Waals surface area contributed by atoms with Gasteiger partial charge in [-0.1, -0.05) is 30.0 Å². The molecule has 1 amide bonds. The SMILES string of the molecule is COc1ccc(C)cc1NC(=O)CSc1nnc(COc2cc(C)ccc2C)n1C. The van der Waals surface area contributed by atoms with Crippen molar-refractivity contribution in [1.82, 2.24) is 14.8 Å². The number of carbonyl (C=O) groups excluding carboxylic acids is 1. The normalized spacial score (nSPS) is 10.7. The summed E-state index contributed by atoms with van der Waals surface area (Å²) in [6, 6.07) is 11.7. The molecule has 0 unspecified atom stereocenters. The summed E-state index contributed by atoms with van der Waals surface area (Å²) >= 11 is 1.32. The third-order valence-corrected chi connectivity index (χ3v) is 5.61. The molecule has 0 fully saturated rings. The molecule has 8 heteroatoms. The van der Waals surface area contributed by atoms with Crippen molar-refractivity contribution in [1.29, 1.82) is 0 Å². The van der Waals surface area contributed by atoms with Crippen molar-refractivity contribution in [2.75, 3.05) is 18.2 Å². The Hall–Kier alpha value is -3.00. The Morgan fingerprint density at radius 2 is 1.80 bits per heavy atom. The van der Waals surface area contributed by atoms with Crippen LogP contribution in [0.3, 0.4) is 0 Å². The molecule has 0 bridgehead atoms. The van der Waals surface area contributed by atoms with Gasteiger partial charge in [-0.15, -0.1) is 10.2 Å². The summed E-state index contributed by atoms with van der Waals surface area (Å²) in [7, 11) is 3.45. The van der Waals surface area contributed by atoms with Crippen LogP contribution in [0, 0.1) is 20.8 Å². The minimum Gasteiger partial charge on any atom is -0.495 e. The standard InChI is InChI=1S/C22H26N4O3S/c1-14-7-9-18(28-5)17(10-14)23-21(27)13-30-22-25-24-20(26(22)4)12-29-19-11-15(2)6-8-16(19)3/h6-11H,12-13H2,1-5H3,(H,23,27). The zero-order valence-corrected chi connectivity index (χ0v) is 18.7. The van der Waals surface area contributed by atoms with Crippen molar-refractivity contribution < 1.29 is 14.3 Å². The lowest BCUT2D eigenvalue weighted by Crippen LogP contribution is -2.15. The Labute approximate surface area is 180 Å². The largest absolute Gasteiger partial charge is 0.495 e. The van der Waals surface area contributed by atoms with E-state index in [2.05, 4.69) is 21.6 Å². The molecule has 3 rings (SSSR count). The molecule has 0 spiro atoms. The average molecular weight is 427 g/mol. The second kappa shape index (κ2) is 9.67. The molecular formula is C22H26N4O3S. The van der Waals surface area contributed by atoms with Gasteiger partial charge in [0.1, 0.15) is 18.1 Å². The number of methoxy groups -OCH3 is 1. The molecule has 1 N–H and O–H groups in total. The van der Waals surface area contributed by atoms with Gasteiger partial charge >= 0.3 is 0 Å². The minimum absolute atomic E-state index is 0.139. The summed E-state index contributed by atoms with van der Waals surface area (Å²) in [6.07, 6.45) is 0. The maximum absolute atomic E-state index is 12.4. The third kappa shape index (κ3) is 5.33. The van der Waals surface area contributed by atoms with Crippen LogP contribution in [0.15, 0.2) is 41.6 Å². The number of aromatic nitrogens is 3. The van der Waals surface area contributed by atoms with Gasteiger partial charge in [0.15, 0.2) is 11.0 Å². The first-order chi connectivity index (χ1) is 14.4. The van der Waals surface area contributed by atoms with Gasteiger partial charge in [-0.05, 0) is 55.7 Å². The van der Waals surface area contributed by atoms with Crippen molar-refractivity contribution >= 4 is 23.4 Å². The number of nitrogens with one attached hydrogen (secondary N) is 1. The number of aryl methyl sites for hydroxylation is 3.